The van der Waals surface area contributed by atoms with E-state index in [2.05, 4.69) is 10.1 Å². The van der Waals surface area contributed by atoms with Gasteiger partial charge in [0.1, 0.15) is 6.33 Å². The van der Waals surface area contributed by atoms with Gasteiger partial charge in [0.05, 0.1) is 6.04 Å². The highest BCUT2D eigenvalue weighted by atomic mass is 16.1. The fraction of sp³-hybridized carbons (Fsp3) is 0.500. The van der Waals surface area contributed by atoms with Gasteiger partial charge in [-0.1, -0.05) is 0 Å². The van der Waals surface area contributed by atoms with Crippen LogP contribution in [-0.2, 0) is 4.79 Å². The third kappa shape index (κ3) is 1.26. The molecule has 5 nitrogen and oxygen atoms in total. The van der Waals surface area contributed by atoms with E-state index in [1.165, 1.54) is 6.33 Å². The number of fused-ring (bicyclic) bond motifs is 1. The molecule has 1 aliphatic heterocycles. The van der Waals surface area contributed by atoms with Crippen LogP contribution in [0.5, 0.6) is 0 Å². The molecule has 2 rings (SSSR count). The zero-order valence-electron chi connectivity index (χ0n) is 9.35. The molecule has 0 aromatic carbocycles. The Kier molecular flexibility index (Phi) is 2.10. The van der Waals surface area contributed by atoms with Crippen molar-refractivity contribution in [2.24, 2.45) is 0 Å². The Morgan fingerprint density at radius 2 is 2.20 bits per heavy atom. The fourth-order valence-electron chi connectivity index (χ4n) is 2.06. The van der Waals surface area contributed by atoms with Gasteiger partial charge in [0.2, 0.25) is 5.95 Å². The highest BCUT2D eigenvalue weighted by Crippen LogP contribution is 2.32. The molecule has 2 heterocycles. The second-order valence-corrected chi connectivity index (χ2v) is 3.79. The normalized spacial score (nSPS) is 20.5. The van der Waals surface area contributed by atoms with E-state index in [0.29, 0.717) is 0 Å². The maximum Gasteiger partial charge on any atom is 0.228 e. The summed E-state index contributed by atoms with van der Waals surface area (Å²) in [6, 6.07) is -0.0313. The second kappa shape index (κ2) is 3.18. The summed E-state index contributed by atoms with van der Waals surface area (Å²) >= 11 is 0. The highest BCUT2D eigenvalue weighted by Gasteiger charge is 2.29. The number of anilines is 1. The molecule has 0 aliphatic carbocycles. The van der Waals surface area contributed by atoms with E-state index in [4.69, 9.17) is 0 Å². The second-order valence-electron chi connectivity index (χ2n) is 3.79. The lowest BCUT2D eigenvalue weighted by molar-refractivity contribution is -0.114. The van der Waals surface area contributed by atoms with Crippen molar-refractivity contribution in [2.75, 3.05) is 11.9 Å². The maximum atomic E-state index is 11.6. The van der Waals surface area contributed by atoms with E-state index in [1.807, 2.05) is 25.8 Å². The molecule has 15 heavy (non-hydrogen) atoms. The molecule has 1 aromatic rings. The van der Waals surface area contributed by atoms with Crippen molar-refractivity contribution in [1.82, 2.24) is 14.8 Å². The van der Waals surface area contributed by atoms with Gasteiger partial charge in [-0.25, -0.2) is 4.68 Å². The molecule has 1 atom stereocenters. The van der Waals surface area contributed by atoms with Crippen molar-refractivity contribution in [3.8, 4) is 0 Å². The Hall–Kier alpha value is -1.65. The molecule has 1 aromatic heterocycles. The molecule has 0 radical (unpaired) electrons. The Balaban J connectivity index is 2.59. The molecule has 0 spiro atoms. The van der Waals surface area contributed by atoms with Crippen molar-refractivity contribution >= 4 is 11.7 Å². The summed E-state index contributed by atoms with van der Waals surface area (Å²) in [5.41, 5.74) is 1.76. The SMILES string of the molecule is CC(=O)C1=C(C)N(C)c2ncnn2[C@@H]1C. The summed E-state index contributed by atoms with van der Waals surface area (Å²) in [5.74, 6) is 0.873. The number of hydrogen-bond acceptors (Lipinski definition) is 4. The highest BCUT2D eigenvalue weighted by molar-refractivity contribution is 5.95. The lowest BCUT2D eigenvalue weighted by atomic mass is 10.0. The maximum absolute atomic E-state index is 11.6. The Morgan fingerprint density at radius 3 is 2.80 bits per heavy atom. The number of nitrogens with zero attached hydrogens (tertiary/aromatic N) is 4. The van der Waals surface area contributed by atoms with Crippen molar-refractivity contribution in [3.63, 3.8) is 0 Å². The summed E-state index contributed by atoms with van der Waals surface area (Å²) in [5, 5.41) is 4.13. The third-order valence-corrected chi connectivity index (χ3v) is 2.91. The van der Waals surface area contributed by atoms with Gasteiger partial charge in [0.25, 0.3) is 0 Å². The predicted molar refractivity (Wildman–Crippen MR) is 56.5 cm³/mol. The van der Waals surface area contributed by atoms with Crippen LogP contribution in [0.15, 0.2) is 17.6 Å². The van der Waals surface area contributed by atoms with Crippen molar-refractivity contribution in [2.45, 2.75) is 26.8 Å². The lowest BCUT2D eigenvalue weighted by Crippen LogP contribution is -2.31. The van der Waals surface area contributed by atoms with Crippen LogP contribution in [-0.4, -0.2) is 27.6 Å². The number of hydrogen-bond donors (Lipinski definition) is 0. The van der Waals surface area contributed by atoms with Crippen LogP contribution < -0.4 is 4.90 Å². The van der Waals surface area contributed by atoms with Gasteiger partial charge in [-0.15, -0.1) is 0 Å². The van der Waals surface area contributed by atoms with Crippen LogP contribution in [0.1, 0.15) is 26.8 Å². The molecular weight excluding hydrogens is 192 g/mol. The first-order valence-electron chi connectivity index (χ1n) is 4.89. The molecule has 0 amide bonds. The molecule has 1 aliphatic rings. The Bertz CT molecular complexity index is 446. The number of aromatic nitrogens is 3. The zero-order chi connectivity index (χ0) is 11.2. The van der Waals surface area contributed by atoms with Gasteiger partial charge >= 0.3 is 0 Å². The fourth-order valence-corrected chi connectivity index (χ4v) is 2.06. The van der Waals surface area contributed by atoms with Crippen molar-refractivity contribution in [3.05, 3.63) is 17.6 Å². The van der Waals surface area contributed by atoms with Gasteiger partial charge < -0.3 is 4.90 Å². The quantitative estimate of drug-likeness (QED) is 0.691. The number of carbonyl (C=O) groups excluding carboxylic acids is 1. The van der Waals surface area contributed by atoms with Crippen LogP contribution in [0, 0.1) is 0 Å². The van der Waals surface area contributed by atoms with E-state index in [-0.39, 0.29) is 11.8 Å². The molecule has 80 valence electrons. The molecule has 0 N–H and O–H groups in total. The minimum atomic E-state index is -0.0313. The summed E-state index contributed by atoms with van der Waals surface area (Å²) in [6.07, 6.45) is 1.51. The van der Waals surface area contributed by atoms with Gasteiger partial charge in [-0.3, -0.25) is 4.79 Å². The smallest absolute Gasteiger partial charge is 0.228 e. The molecule has 0 bridgehead atoms. The minimum absolute atomic E-state index is 0.0313. The average molecular weight is 206 g/mol. The molecule has 5 heteroatoms. The molecule has 0 saturated heterocycles. The third-order valence-electron chi connectivity index (χ3n) is 2.91. The number of ketones is 1. The first-order valence-corrected chi connectivity index (χ1v) is 4.89. The number of allylic oxidation sites excluding steroid dienone is 2. The molecular formula is C10H14N4O. The van der Waals surface area contributed by atoms with Crippen molar-refractivity contribution in [1.29, 1.82) is 0 Å². The van der Waals surface area contributed by atoms with E-state index < -0.39 is 0 Å². The first-order chi connectivity index (χ1) is 7.04. The standard InChI is InChI=1S/C10H14N4O/c1-6-9(8(3)15)7(2)14-10(13(6)4)11-5-12-14/h5,7H,1-4H3/t7-/m1/s1. The van der Waals surface area contributed by atoms with Crippen LogP contribution in [0.25, 0.3) is 0 Å². The summed E-state index contributed by atoms with van der Waals surface area (Å²) in [6.45, 7) is 5.49. The van der Waals surface area contributed by atoms with Crippen molar-refractivity contribution < 1.29 is 4.79 Å². The van der Waals surface area contributed by atoms with Gasteiger partial charge in [-0.2, -0.15) is 10.1 Å². The van der Waals surface area contributed by atoms with Crippen LogP contribution in [0.4, 0.5) is 5.95 Å². The Morgan fingerprint density at radius 1 is 1.53 bits per heavy atom. The van der Waals surface area contributed by atoms with Crippen LogP contribution >= 0.6 is 0 Å². The lowest BCUT2D eigenvalue weighted by Gasteiger charge is -2.31. The van der Waals surface area contributed by atoms with E-state index in [0.717, 1.165) is 17.2 Å². The topological polar surface area (TPSA) is 51.0 Å². The minimum Gasteiger partial charge on any atom is -0.317 e. The van der Waals surface area contributed by atoms with Gasteiger partial charge in [-0.05, 0) is 20.8 Å². The van der Waals surface area contributed by atoms with E-state index in [1.54, 1.807) is 11.6 Å². The van der Waals surface area contributed by atoms with E-state index in [9.17, 15) is 4.79 Å². The molecule has 0 saturated carbocycles. The predicted octanol–water partition coefficient (Wildman–Crippen LogP) is 1.15. The first kappa shape index (κ1) is 9.89. The number of carbonyl (C=O) groups is 1. The average Bonchev–Trinajstić information content (AvgIpc) is 2.62. The number of Topliss-reactive ketones (excluding diaryl/α,β-unsaturated/α-hetero) is 1. The summed E-state index contributed by atoms with van der Waals surface area (Å²) in [7, 11) is 1.89. The molecule has 0 fully saturated rings. The van der Waals surface area contributed by atoms with Crippen LogP contribution in [0.3, 0.4) is 0 Å². The van der Waals surface area contributed by atoms with Gasteiger partial charge in [0.15, 0.2) is 5.78 Å². The summed E-state index contributed by atoms with van der Waals surface area (Å²) < 4.78 is 1.77. The zero-order valence-corrected chi connectivity index (χ0v) is 9.35. The summed E-state index contributed by atoms with van der Waals surface area (Å²) in [4.78, 5) is 17.6. The molecule has 0 unspecified atom stereocenters. The van der Waals surface area contributed by atoms with Gasteiger partial charge in [0, 0.05) is 18.3 Å². The Labute approximate surface area is 88.4 Å². The monoisotopic (exact) mass is 206 g/mol. The largest absolute Gasteiger partial charge is 0.317 e. The van der Waals surface area contributed by atoms with Crippen LogP contribution in [0.2, 0.25) is 0 Å². The van der Waals surface area contributed by atoms with E-state index >= 15 is 0 Å². The number of rotatable bonds is 1.